The van der Waals surface area contributed by atoms with Crippen molar-refractivity contribution in [3.8, 4) is 0 Å². The minimum Gasteiger partial charge on any atom is -0.378 e. The van der Waals surface area contributed by atoms with Crippen LogP contribution in [0.5, 0.6) is 0 Å². The van der Waals surface area contributed by atoms with Gasteiger partial charge in [-0.05, 0) is 12.8 Å². The molecule has 9 heteroatoms. The van der Waals surface area contributed by atoms with Gasteiger partial charge < -0.3 is 9.64 Å². The van der Waals surface area contributed by atoms with E-state index in [1.54, 1.807) is 0 Å². The van der Waals surface area contributed by atoms with Gasteiger partial charge in [-0.25, -0.2) is 8.42 Å². The van der Waals surface area contributed by atoms with Gasteiger partial charge in [-0.1, -0.05) is 0 Å². The molecular weight excluding hydrogens is 306 g/mol. The van der Waals surface area contributed by atoms with E-state index in [2.05, 4.69) is 10.2 Å². The van der Waals surface area contributed by atoms with Gasteiger partial charge >= 0.3 is 0 Å². The van der Waals surface area contributed by atoms with Crippen molar-refractivity contribution in [2.45, 2.75) is 23.7 Å². The number of aromatic amines is 1. The monoisotopic (exact) mass is 319 g/mol. The van der Waals surface area contributed by atoms with Crippen LogP contribution in [0.4, 0.5) is 0 Å². The van der Waals surface area contributed by atoms with Crippen LogP contribution in [0.3, 0.4) is 0 Å². The number of morpholine rings is 1. The number of carbonyl (C=O) groups excluding carboxylic acids is 1. The number of H-pyrrole nitrogens is 1. The van der Waals surface area contributed by atoms with Crippen molar-refractivity contribution < 1.29 is 17.9 Å². The fourth-order valence-electron chi connectivity index (χ4n) is 2.30. The number of nitrogens with zero attached hydrogens (tertiary/aromatic N) is 2. The molecule has 1 aromatic rings. The average Bonchev–Trinajstić information content (AvgIpc) is 3.16. The van der Waals surface area contributed by atoms with E-state index in [1.807, 2.05) is 0 Å². The summed E-state index contributed by atoms with van der Waals surface area (Å²) in [5.41, 5.74) is 0.348. The van der Waals surface area contributed by atoms with Crippen molar-refractivity contribution in [3.05, 3.63) is 11.4 Å². The molecule has 2 aliphatic rings. The Morgan fingerprint density at radius 2 is 2.00 bits per heavy atom. The molecule has 110 valence electrons. The molecule has 1 aromatic heterocycles. The number of ether oxygens (including phenoxy) is 1. The fourth-order valence-corrected chi connectivity index (χ4v) is 3.61. The topological polar surface area (TPSA) is 92.4 Å². The van der Waals surface area contributed by atoms with Gasteiger partial charge in [0.25, 0.3) is 15.0 Å². The Balaban J connectivity index is 1.98. The average molecular weight is 320 g/mol. The van der Waals surface area contributed by atoms with E-state index in [1.165, 1.54) is 4.90 Å². The summed E-state index contributed by atoms with van der Waals surface area (Å²) in [6.07, 6.45) is 1.76. The van der Waals surface area contributed by atoms with Crippen LogP contribution in [0.1, 0.15) is 34.9 Å². The van der Waals surface area contributed by atoms with E-state index < -0.39 is 15.0 Å². The van der Waals surface area contributed by atoms with E-state index in [0.717, 1.165) is 12.8 Å². The number of carbonyl (C=O) groups is 1. The second-order valence-electron chi connectivity index (χ2n) is 4.93. The van der Waals surface area contributed by atoms with Crippen molar-refractivity contribution in [2.75, 3.05) is 26.3 Å². The third-order valence-corrected chi connectivity index (χ3v) is 4.84. The number of hydrogen-bond donors (Lipinski definition) is 1. The van der Waals surface area contributed by atoms with Gasteiger partial charge in [-0.3, -0.25) is 9.89 Å². The smallest absolute Gasteiger partial charge is 0.275 e. The molecule has 20 heavy (non-hydrogen) atoms. The Kier molecular flexibility index (Phi) is 3.47. The fraction of sp³-hybridized carbons (Fsp3) is 0.636. The van der Waals surface area contributed by atoms with Crippen LogP contribution in [0.15, 0.2) is 4.90 Å². The summed E-state index contributed by atoms with van der Waals surface area (Å²) in [5, 5.41) is 6.57. The second-order valence-corrected chi connectivity index (χ2v) is 7.43. The maximum absolute atomic E-state index is 12.4. The molecule has 1 aliphatic carbocycles. The summed E-state index contributed by atoms with van der Waals surface area (Å²) in [7, 11) is 1.47. The SMILES string of the molecule is O=C(c1n[nH]c(C2CC2)c1S(=O)(=O)Cl)N1CCOCC1. The van der Waals surface area contributed by atoms with Crippen molar-refractivity contribution in [3.63, 3.8) is 0 Å². The summed E-state index contributed by atoms with van der Waals surface area (Å²) in [4.78, 5) is 13.8. The van der Waals surface area contributed by atoms with Crippen molar-refractivity contribution in [1.82, 2.24) is 15.1 Å². The molecule has 1 N–H and O–H groups in total. The molecule has 0 aromatic carbocycles. The van der Waals surface area contributed by atoms with E-state index in [0.29, 0.717) is 32.0 Å². The lowest BCUT2D eigenvalue weighted by Gasteiger charge is -2.26. The Morgan fingerprint density at radius 1 is 1.35 bits per heavy atom. The van der Waals surface area contributed by atoms with Crippen molar-refractivity contribution >= 4 is 25.6 Å². The lowest BCUT2D eigenvalue weighted by atomic mass is 10.2. The summed E-state index contributed by atoms with van der Waals surface area (Å²) in [5.74, 6) is -0.312. The molecule has 3 rings (SSSR count). The highest BCUT2D eigenvalue weighted by atomic mass is 35.7. The van der Waals surface area contributed by atoms with Crippen molar-refractivity contribution in [2.24, 2.45) is 0 Å². The molecule has 0 spiro atoms. The van der Waals surface area contributed by atoms with E-state index in [9.17, 15) is 13.2 Å². The summed E-state index contributed by atoms with van der Waals surface area (Å²) in [6.45, 7) is 1.72. The maximum atomic E-state index is 12.4. The first-order valence-electron chi connectivity index (χ1n) is 6.38. The highest BCUT2D eigenvalue weighted by Gasteiger charge is 2.37. The minimum atomic E-state index is -4.01. The number of rotatable bonds is 3. The van der Waals surface area contributed by atoms with Crippen LogP contribution in [0, 0.1) is 0 Å². The standard InChI is InChI=1S/C11H14ClN3O4S/c12-20(17,18)10-8(7-1-2-7)13-14-9(10)11(16)15-3-5-19-6-4-15/h7H,1-6H2,(H,13,14). The normalized spacial score (nSPS) is 20.1. The zero-order valence-corrected chi connectivity index (χ0v) is 12.2. The lowest BCUT2D eigenvalue weighted by molar-refractivity contribution is 0.0296. The third-order valence-electron chi connectivity index (χ3n) is 3.48. The predicted molar refractivity (Wildman–Crippen MR) is 70.3 cm³/mol. The Bertz CT molecular complexity index is 632. The number of halogens is 1. The molecule has 0 bridgehead atoms. The van der Waals surface area contributed by atoms with Gasteiger partial charge in [0, 0.05) is 29.7 Å². The molecule has 0 unspecified atom stereocenters. The Morgan fingerprint density at radius 3 is 2.55 bits per heavy atom. The number of amides is 1. The van der Waals surface area contributed by atoms with Crippen LogP contribution >= 0.6 is 10.7 Å². The second kappa shape index (κ2) is 5.01. The summed E-state index contributed by atoms with van der Waals surface area (Å²) < 4.78 is 28.7. The largest absolute Gasteiger partial charge is 0.378 e. The molecule has 1 aliphatic heterocycles. The van der Waals surface area contributed by atoms with Gasteiger partial charge in [0.05, 0.1) is 18.9 Å². The van der Waals surface area contributed by atoms with Crippen LogP contribution in [-0.4, -0.2) is 55.7 Å². The lowest BCUT2D eigenvalue weighted by Crippen LogP contribution is -2.41. The highest BCUT2D eigenvalue weighted by molar-refractivity contribution is 8.13. The number of nitrogens with one attached hydrogen (secondary N) is 1. The highest BCUT2D eigenvalue weighted by Crippen LogP contribution is 2.43. The Hall–Kier alpha value is -1.12. The summed E-state index contributed by atoms with van der Waals surface area (Å²) >= 11 is 0. The minimum absolute atomic E-state index is 0.108. The van der Waals surface area contributed by atoms with Gasteiger partial charge in [0.15, 0.2) is 5.69 Å². The molecule has 0 atom stereocenters. The van der Waals surface area contributed by atoms with Crippen LogP contribution in [0.25, 0.3) is 0 Å². The molecule has 1 amide bonds. The zero-order chi connectivity index (χ0) is 14.3. The van der Waals surface area contributed by atoms with Gasteiger partial charge in [0.1, 0.15) is 4.90 Å². The van der Waals surface area contributed by atoms with Crippen LogP contribution in [-0.2, 0) is 13.8 Å². The van der Waals surface area contributed by atoms with Crippen molar-refractivity contribution in [1.29, 1.82) is 0 Å². The number of aromatic nitrogens is 2. The molecule has 2 heterocycles. The predicted octanol–water partition coefficient (Wildman–Crippen LogP) is 0.687. The van der Waals surface area contributed by atoms with Crippen LogP contribution in [0.2, 0.25) is 0 Å². The molecule has 1 saturated heterocycles. The van der Waals surface area contributed by atoms with E-state index >= 15 is 0 Å². The Labute approximate surface area is 120 Å². The molecule has 2 fully saturated rings. The van der Waals surface area contributed by atoms with Crippen LogP contribution < -0.4 is 0 Å². The first kappa shape index (κ1) is 13.8. The van der Waals surface area contributed by atoms with Gasteiger partial charge in [0.2, 0.25) is 0 Å². The maximum Gasteiger partial charge on any atom is 0.275 e. The molecule has 7 nitrogen and oxygen atoms in total. The summed E-state index contributed by atoms with van der Waals surface area (Å²) in [6, 6.07) is 0. The molecule has 0 radical (unpaired) electrons. The molecular formula is C11H14ClN3O4S. The number of hydrogen-bond acceptors (Lipinski definition) is 5. The zero-order valence-electron chi connectivity index (χ0n) is 10.6. The quantitative estimate of drug-likeness (QED) is 0.827. The van der Waals surface area contributed by atoms with Gasteiger partial charge in [-0.2, -0.15) is 5.10 Å². The first-order chi connectivity index (χ1) is 9.48. The third kappa shape index (κ3) is 2.55. The van der Waals surface area contributed by atoms with E-state index in [4.69, 9.17) is 15.4 Å². The molecule has 1 saturated carbocycles. The van der Waals surface area contributed by atoms with Gasteiger partial charge in [-0.15, -0.1) is 0 Å². The van der Waals surface area contributed by atoms with E-state index in [-0.39, 0.29) is 16.5 Å². The first-order valence-corrected chi connectivity index (χ1v) is 8.69.